The van der Waals surface area contributed by atoms with Gasteiger partial charge in [0.15, 0.2) is 0 Å². The van der Waals surface area contributed by atoms with Gasteiger partial charge in [0.25, 0.3) is 0 Å². The van der Waals surface area contributed by atoms with Crippen LogP contribution in [0.3, 0.4) is 0 Å². The molecule has 1 aliphatic carbocycles. The van der Waals surface area contributed by atoms with E-state index >= 15 is 0 Å². The van der Waals surface area contributed by atoms with E-state index in [0.29, 0.717) is 5.92 Å². The zero-order chi connectivity index (χ0) is 11.8. The van der Waals surface area contributed by atoms with Gasteiger partial charge in [-0.05, 0) is 25.2 Å². The van der Waals surface area contributed by atoms with Crippen LogP contribution < -0.4 is 0 Å². The van der Waals surface area contributed by atoms with Gasteiger partial charge in [-0.2, -0.15) is 0 Å². The summed E-state index contributed by atoms with van der Waals surface area (Å²) in [5.41, 5.74) is 0. The van der Waals surface area contributed by atoms with Crippen LogP contribution >= 0.6 is 0 Å². The van der Waals surface area contributed by atoms with E-state index < -0.39 is 0 Å². The lowest BCUT2D eigenvalue weighted by Crippen LogP contribution is -2.30. The Morgan fingerprint density at radius 2 is 1.94 bits per heavy atom. The minimum Gasteiger partial charge on any atom is -0.392 e. The molecular formula is C15H26O. The van der Waals surface area contributed by atoms with Crippen molar-refractivity contribution in [1.29, 1.82) is 0 Å². The summed E-state index contributed by atoms with van der Waals surface area (Å²) in [5, 5.41) is 10.3. The van der Waals surface area contributed by atoms with Crippen LogP contribution in [0.2, 0.25) is 0 Å². The molecule has 16 heavy (non-hydrogen) atoms. The summed E-state index contributed by atoms with van der Waals surface area (Å²) < 4.78 is 0. The average molecular weight is 222 g/mol. The van der Waals surface area contributed by atoms with E-state index in [1.807, 2.05) is 0 Å². The molecule has 1 saturated carbocycles. The van der Waals surface area contributed by atoms with Gasteiger partial charge in [-0.3, -0.25) is 0 Å². The summed E-state index contributed by atoms with van der Waals surface area (Å²) in [6.07, 6.45) is 16.1. The lowest BCUT2D eigenvalue weighted by molar-refractivity contribution is 0.0494. The number of hydrogen-bond acceptors (Lipinski definition) is 1. The molecule has 0 heterocycles. The van der Waals surface area contributed by atoms with Crippen molar-refractivity contribution in [3.8, 4) is 12.3 Å². The van der Waals surface area contributed by atoms with E-state index in [-0.39, 0.29) is 12.0 Å². The fraction of sp³-hybridized carbons (Fsp3) is 0.867. The number of unbranched alkanes of at least 4 members (excludes halogenated alkanes) is 2. The maximum absolute atomic E-state index is 10.3. The van der Waals surface area contributed by atoms with Crippen molar-refractivity contribution in [3.63, 3.8) is 0 Å². The van der Waals surface area contributed by atoms with Crippen LogP contribution in [0.1, 0.15) is 64.7 Å². The molecule has 0 aromatic heterocycles. The molecular weight excluding hydrogens is 196 g/mol. The molecule has 1 rings (SSSR count). The Balaban J connectivity index is 2.35. The SMILES string of the molecule is C#C[C@@H](CCCCC)[C@@H](O)C1CCCCC1. The Kier molecular flexibility index (Phi) is 6.57. The normalized spacial score (nSPS) is 21.3. The fourth-order valence-electron chi connectivity index (χ4n) is 2.77. The number of hydrogen-bond donors (Lipinski definition) is 1. The molecule has 92 valence electrons. The number of terminal acetylenes is 1. The highest BCUT2D eigenvalue weighted by Crippen LogP contribution is 2.31. The molecule has 0 aromatic rings. The third-order valence-corrected chi connectivity index (χ3v) is 3.88. The van der Waals surface area contributed by atoms with Crippen LogP contribution in [0.25, 0.3) is 0 Å². The Morgan fingerprint density at radius 1 is 1.25 bits per heavy atom. The number of aliphatic hydroxyl groups is 1. The highest BCUT2D eigenvalue weighted by atomic mass is 16.3. The van der Waals surface area contributed by atoms with Gasteiger partial charge in [-0.25, -0.2) is 0 Å². The smallest absolute Gasteiger partial charge is 0.0705 e. The molecule has 2 atom stereocenters. The standard InChI is InChI=1S/C15H26O/c1-3-5-7-10-13(4-2)15(16)14-11-8-6-9-12-14/h2,13-16H,3,5-12H2,1H3/t13-,15+/m0/s1. The summed E-state index contributed by atoms with van der Waals surface area (Å²) in [7, 11) is 0. The molecule has 0 bridgehead atoms. The van der Waals surface area contributed by atoms with Crippen molar-refractivity contribution in [3.05, 3.63) is 0 Å². The minimum atomic E-state index is -0.248. The highest BCUT2D eigenvalue weighted by Gasteiger charge is 2.27. The van der Waals surface area contributed by atoms with Crippen molar-refractivity contribution in [2.45, 2.75) is 70.8 Å². The van der Waals surface area contributed by atoms with Crippen LogP contribution in [0, 0.1) is 24.2 Å². The van der Waals surface area contributed by atoms with Gasteiger partial charge >= 0.3 is 0 Å². The summed E-state index contributed by atoms with van der Waals surface area (Å²) in [4.78, 5) is 0. The van der Waals surface area contributed by atoms with Crippen LogP contribution in [-0.2, 0) is 0 Å². The summed E-state index contributed by atoms with van der Waals surface area (Å²) in [5.74, 6) is 3.37. The zero-order valence-corrected chi connectivity index (χ0v) is 10.6. The van der Waals surface area contributed by atoms with Crippen molar-refractivity contribution >= 4 is 0 Å². The first-order valence-electron chi connectivity index (χ1n) is 6.93. The predicted octanol–water partition coefficient (Wildman–Crippen LogP) is 3.76. The maximum atomic E-state index is 10.3. The molecule has 1 heteroatoms. The first kappa shape index (κ1) is 13.6. The van der Waals surface area contributed by atoms with E-state index in [0.717, 1.165) is 12.8 Å². The topological polar surface area (TPSA) is 20.2 Å². The quantitative estimate of drug-likeness (QED) is 0.536. The second-order valence-corrected chi connectivity index (χ2v) is 5.16. The Bertz CT molecular complexity index is 210. The third kappa shape index (κ3) is 4.18. The lowest BCUT2D eigenvalue weighted by atomic mass is 9.79. The molecule has 0 saturated heterocycles. The lowest BCUT2D eigenvalue weighted by Gasteiger charge is -2.30. The molecule has 1 fully saturated rings. The van der Waals surface area contributed by atoms with E-state index in [4.69, 9.17) is 6.42 Å². The molecule has 0 amide bonds. The van der Waals surface area contributed by atoms with Gasteiger partial charge in [0.1, 0.15) is 0 Å². The Hall–Kier alpha value is -0.480. The Labute approximate surface area is 101 Å². The van der Waals surface area contributed by atoms with E-state index in [1.165, 1.54) is 44.9 Å². The van der Waals surface area contributed by atoms with E-state index in [9.17, 15) is 5.11 Å². The summed E-state index contributed by atoms with van der Waals surface area (Å²) in [6, 6.07) is 0. The van der Waals surface area contributed by atoms with Crippen LogP contribution in [-0.4, -0.2) is 11.2 Å². The van der Waals surface area contributed by atoms with Gasteiger partial charge < -0.3 is 5.11 Å². The molecule has 0 radical (unpaired) electrons. The fourth-order valence-corrected chi connectivity index (χ4v) is 2.77. The van der Waals surface area contributed by atoms with Crippen molar-refractivity contribution in [2.75, 3.05) is 0 Å². The second kappa shape index (κ2) is 7.74. The molecule has 1 aliphatic rings. The monoisotopic (exact) mass is 222 g/mol. The van der Waals surface area contributed by atoms with Crippen LogP contribution in [0.4, 0.5) is 0 Å². The minimum absolute atomic E-state index is 0.0923. The number of rotatable bonds is 6. The van der Waals surface area contributed by atoms with Crippen molar-refractivity contribution in [1.82, 2.24) is 0 Å². The van der Waals surface area contributed by atoms with Crippen molar-refractivity contribution in [2.24, 2.45) is 11.8 Å². The van der Waals surface area contributed by atoms with Gasteiger partial charge in [-0.1, -0.05) is 45.4 Å². The van der Waals surface area contributed by atoms with Crippen LogP contribution in [0.15, 0.2) is 0 Å². The van der Waals surface area contributed by atoms with E-state index in [2.05, 4.69) is 12.8 Å². The molecule has 0 aromatic carbocycles. The zero-order valence-electron chi connectivity index (χ0n) is 10.6. The van der Waals surface area contributed by atoms with E-state index in [1.54, 1.807) is 0 Å². The largest absolute Gasteiger partial charge is 0.392 e. The number of aliphatic hydroxyl groups excluding tert-OH is 1. The second-order valence-electron chi connectivity index (χ2n) is 5.16. The maximum Gasteiger partial charge on any atom is 0.0705 e. The molecule has 0 unspecified atom stereocenters. The third-order valence-electron chi connectivity index (χ3n) is 3.88. The van der Waals surface area contributed by atoms with Crippen LogP contribution in [0.5, 0.6) is 0 Å². The average Bonchev–Trinajstić information content (AvgIpc) is 2.35. The van der Waals surface area contributed by atoms with Gasteiger partial charge in [0.2, 0.25) is 0 Å². The Morgan fingerprint density at radius 3 is 2.50 bits per heavy atom. The van der Waals surface area contributed by atoms with Gasteiger partial charge in [0.05, 0.1) is 6.10 Å². The first-order chi connectivity index (χ1) is 7.79. The molecule has 0 spiro atoms. The van der Waals surface area contributed by atoms with Gasteiger partial charge in [0, 0.05) is 5.92 Å². The first-order valence-corrected chi connectivity index (χ1v) is 6.93. The molecule has 1 nitrogen and oxygen atoms in total. The van der Waals surface area contributed by atoms with Gasteiger partial charge in [-0.15, -0.1) is 12.3 Å². The molecule has 0 aliphatic heterocycles. The summed E-state index contributed by atoms with van der Waals surface area (Å²) >= 11 is 0. The predicted molar refractivity (Wildman–Crippen MR) is 69.0 cm³/mol. The highest BCUT2D eigenvalue weighted by molar-refractivity contribution is 4.98. The molecule has 1 N–H and O–H groups in total. The summed E-state index contributed by atoms with van der Waals surface area (Å²) in [6.45, 7) is 2.20. The van der Waals surface area contributed by atoms with Crippen molar-refractivity contribution < 1.29 is 5.11 Å².